The molecule has 1 saturated carbocycles. The van der Waals surface area contributed by atoms with Gasteiger partial charge in [0.25, 0.3) is 0 Å². The normalized spacial score (nSPS) is 30.5. The molecule has 78 valence electrons. The molecule has 0 aliphatic heterocycles. The third-order valence-corrected chi connectivity index (χ3v) is 3.36. The van der Waals surface area contributed by atoms with E-state index >= 15 is 0 Å². The van der Waals surface area contributed by atoms with Crippen molar-refractivity contribution in [3.05, 3.63) is 0 Å². The third-order valence-electron chi connectivity index (χ3n) is 3.21. The summed E-state index contributed by atoms with van der Waals surface area (Å²) >= 11 is 4.09. The molecule has 0 aromatic heterocycles. The molecule has 0 radical (unpaired) electrons. The monoisotopic (exact) mass is 202 g/mol. The second kappa shape index (κ2) is 4.70. The van der Waals surface area contributed by atoms with Gasteiger partial charge in [0, 0.05) is 0 Å². The number of hydrogen-bond donors (Lipinski definition) is 1. The SMILES string of the molecule is CC(C)(C)C1CCC(OCS)CC1. The molecule has 0 unspecified atom stereocenters. The molecule has 1 nitrogen and oxygen atoms in total. The second-order valence-electron chi connectivity index (χ2n) is 5.14. The number of hydrogen-bond acceptors (Lipinski definition) is 2. The first kappa shape index (κ1) is 11.4. The van der Waals surface area contributed by atoms with Crippen LogP contribution < -0.4 is 0 Å². The average Bonchev–Trinajstić information content (AvgIpc) is 2.04. The Kier molecular flexibility index (Phi) is 4.11. The maximum atomic E-state index is 5.51. The first-order chi connectivity index (χ1) is 6.04. The summed E-state index contributed by atoms with van der Waals surface area (Å²) in [6.45, 7) is 7.03. The molecule has 0 atom stereocenters. The summed E-state index contributed by atoms with van der Waals surface area (Å²) in [4.78, 5) is 0. The minimum atomic E-state index is 0.478. The van der Waals surface area contributed by atoms with E-state index in [9.17, 15) is 0 Å². The molecule has 1 rings (SSSR count). The molecule has 0 N–H and O–H groups in total. The minimum Gasteiger partial charge on any atom is -0.368 e. The Morgan fingerprint density at radius 3 is 2.08 bits per heavy atom. The first-order valence-electron chi connectivity index (χ1n) is 5.26. The second-order valence-corrected chi connectivity index (χ2v) is 5.39. The Balaban J connectivity index is 2.30. The Bertz CT molecular complexity index is 143. The largest absolute Gasteiger partial charge is 0.368 e. The molecule has 2 heteroatoms. The van der Waals surface area contributed by atoms with Crippen molar-refractivity contribution in [2.24, 2.45) is 11.3 Å². The van der Waals surface area contributed by atoms with Crippen LogP contribution in [0.15, 0.2) is 0 Å². The van der Waals surface area contributed by atoms with Crippen molar-refractivity contribution in [1.29, 1.82) is 0 Å². The van der Waals surface area contributed by atoms with Crippen molar-refractivity contribution in [2.45, 2.75) is 52.6 Å². The minimum absolute atomic E-state index is 0.478. The van der Waals surface area contributed by atoms with Crippen LogP contribution in [0.1, 0.15) is 46.5 Å². The van der Waals surface area contributed by atoms with E-state index in [0.29, 0.717) is 17.5 Å². The summed E-state index contributed by atoms with van der Waals surface area (Å²) in [7, 11) is 0. The van der Waals surface area contributed by atoms with Gasteiger partial charge in [0.1, 0.15) is 0 Å². The average molecular weight is 202 g/mol. The molecule has 1 aliphatic rings. The topological polar surface area (TPSA) is 9.23 Å². The Labute approximate surface area is 87.7 Å². The van der Waals surface area contributed by atoms with Crippen LogP contribution in [-0.4, -0.2) is 12.0 Å². The van der Waals surface area contributed by atoms with Crippen molar-refractivity contribution >= 4 is 12.6 Å². The van der Waals surface area contributed by atoms with Gasteiger partial charge in [-0.25, -0.2) is 0 Å². The lowest BCUT2D eigenvalue weighted by atomic mass is 9.72. The van der Waals surface area contributed by atoms with E-state index in [1.54, 1.807) is 0 Å². The van der Waals surface area contributed by atoms with E-state index in [1.807, 2.05) is 0 Å². The lowest BCUT2D eigenvalue weighted by Gasteiger charge is -2.36. The van der Waals surface area contributed by atoms with Crippen molar-refractivity contribution < 1.29 is 4.74 Å². The van der Waals surface area contributed by atoms with Gasteiger partial charge in [-0.3, -0.25) is 0 Å². The standard InChI is InChI=1S/C11H22OS/c1-11(2,3)9-4-6-10(7-5-9)12-8-13/h9-10,13H,4-8H2,1-3H3. The van der Waals surface area contributed by atoms with Gasteiger partial charge in [-0.15, -0.1) is 0 Å². The predicted octanol–water partition coefficient (Wildman–Crippen LogP) is 3.50. The summed E-state index contributed by atoms with van der Waals surface area (Å²) in [6, 6.07) is 0. The number of rotatable bonds is 2. The maximum absolute atomic E-state index is 5.51. The molecule has 0 bridgehead atoms. The van der Waals surface area contributed by atoms with Gasteiger partial charge in [0.15, 0.2) is 0 Å². The van der Waals surface area contributed by atoms with Crippen molar-refractivity contribution in [3.63, 3.8) is 0 Å². The summed E-state index contributed by atoms with van der Waals surface area (Å²) in [5, 5.41) is 0. The van der Waals surface area contributed by atoms with Crippen LogP contribution in [0.25, 0.3) is 0 Å². The summed E-state index contributed by atoms with van der Waals surface area (Å²) in [5.41, 5.74) is 0.478. The zero-order valence-electron chi connectivity index (χ0n) is 9.05. The highest BCUT2D eigenvalue weighted by Gasteiger charge is 2.29. The van der Waals surface area contributed by atoms with E-state index in [4.69, 9.17) is 4.74 Å². The Morgan fingerprint density at radius 1 is 1.15 bits per heavy atom. The fraction of sp³-hybridized carbons (Fsp3) is 1.00. The van der Waals surface area contributed by atoms with Gasteiger partial charge >= 0.3 is 0 Å². The molecule has 0 saturated heterocycles. The third kappa shape index (κ3) is 3.51. The summed E-state index contributed by atoms with van der Waals surface area (Å²) in [5.74, 6) is 1.46. The van der Waals surface area contributed by atoms with Gasteiger partial charge in [0.2, 0.25) is 0 Å². The zero-order valence-corrected chi connectivity index (χ0v) is 9.94. The van der Waals surface area contributed by atoms with Crippen LogP contribution in [0, 0.1) is 11.3 Å². The molecule has 1 fully saturated rings. The smallest absolute Gasteiger partial charge is 0.0896 e. The van der Waals surface area contributed by atoms with Crippen LogP contribution in [0.3, 0.4) is 0 Å². The van der Waals surface area contributed by atoms with E-state index in [-0.39, 0.29) is 0 Å². The van der Waals surface area contributed by atoms with Crippen molar-refractivity contribution in [3.8, 4) is 0 Å². The molecular formula is C11H22OS. The highest BCUT2D eigenvalue weighted by molar-refractivity contribution is 7.80. The summed E-state index contributed by atoms with van der Waals surface area (Å²) in [6.07, 6.45) is 5.57. The number of ether oxygens (including phenoxy) is 1. The van der Waals surface area contributed by atoms with E-state index in [0.717, 1.165) is 5.92 Å². The molecule has 0 aromatic carbocycles. The Morgan fingerprint density at radius 2 is 1.69 bits per heavy atom. The van der Waals surface area contributed by atoms with Gasteiger partial charge in [0.05, 0.1) is 12.0 Å². The molecule has 0 heterocycles. The van der Waals surface area contributed by atoms with Crippen molar-refractivity contribution in [1.82, 2.24) is 0 Å². The van der Waals surface area contributed by atoms with E-state index in [1.165, 1.54) is 25.7 Å². The lowest BCUT2D eigenvalue weighted by Crippen LogP contribution is -2.28. The van der Waals surface area contributed by atoms with Crippen LogP contribution in [0.5, 0.6) is 0 Å². The van der Waals surface area contributed by atoms with Crippen molar-refractivity contribution in [2.75, 3.05) is 5.94 Å². The highest BCUT2D eigenvalue weighted by atomic mass is 32.1. The predicted molar refractivity (Wildman–Crippen MR) is 60.1 cm³/mol. The molecule has 0 amide bonds. The zero-order chi connectivity index (χ0) is 9.90. The molecule has 0 spiro atoms. The fourth-order valence-corrected chi connectivity index (χ4v) is 2.41. The summed E-state index contributed by atoms with van der Waals surface area (Å²) < 4.78 is 5.51. The maximum Gasteiger partial charge on any atom is 0.0896 e. The van der Waals surface area contributed by atoms with Gasteiger partial charge in [-0.1, -0.05) is 20.8 Å². The van der Waals surface area contributed by atoms with Crippen LogP contribution in [0.2, 0.25) is 0 Å². The molecule has 1 aliphatic carbocycles. The van der Waals surface area contributed by atoms with Crippen LogP contribution in [0.4, 0.5) is 0 Å². The first-order valence-corrected chi connectivity index (χ1v) is 5.89. The number of thiol groups is 1. The van der Waals surface area contributed by atoms with Gasteiger partial charge < -0.3 is 4.74 Å². The van der Waals surface area contributed by atoms with E-state index in [2.05, 4.69) is 33.4 Å². The van der Waals surface area contributed by atoms with Gasteiger partial charge in [-0.2, -0.15) is 12.6 Å². The van der Waals surface area contributed by atoms with Crippen LogP contribution >= 0.6 is 12.6 Å². The lowest BCUT2D eigenvalue weighted by molar-refractivity contribution is 0.0281. The van der Waals surface area contributed by atoms with Gasteiger partial charge in [-0.05, 0) is 37.0 Å². The fourth-order valence-electron chi connectivity index (χ4n) is 2.20. The van der Waals surface area contributed by atoms with E-state index < -0.39 is 0 Å². The highest BCUT2D eigenvalue weighted by Crippen LogP contribution is 2.38. The molecular weight excluding hydrogens is 180 g/mol. The Hall–Kier alpha value is 0.310. The quantitative estimate of drug-likeness (QED) is 0.532. The molecule has 13 heavy (non-hydrogen) atoms. The van der Waals surface area contributed by atoms with Crippen LogP contribution in [-0.2, 0) is 4.74 Å². The molecule has 0 aromatic rings.